The van der Waals surface area contributed by atoms with Crippen LogP contribution in [0.2, 0.25) is 0 Å². The Balaban J connectivity index is 2.82. The Morgan fingerprint density at radius 1 is 1.31 bits per heavy atom. The fraction of sp³-hybridized carbons (Fsp3) is 0.500. The van der Waals surface area contributed by atoms with Gasteiger partial charge in [0.2, 0.25) is 0 Å². The van der Waals surface area contributed by atoms with Crippen LogP contribution in [0.1, 0.15) is 32.8 Å². The highest BCUT2D eigenvalue weighted by Crippen LogP contribution is 2.31. The van der Waals surface area contributed by atoms with Gasteiger partial charge in [-0.2, -0.15) is 0 Å². The van der Waals surface area contributed by atoms with Crippen molar-refractivity contribution in [2.45, 2.75) is 39.3 Å². The summed E-state index contributed by atoms with van der Waals surface area (Å²) in [4.78, 5) is 0. The summed E-state index contributed by atoms with van der Waals surface area (Å²) in [6.45, 7) is 7.10. The largest absolute Gasteiger partial charge is 0.506 e. The van der Waals surface area contributed by atoms with Crippen molar-refractivity contribution in [1.82, 2.24) is 5.32 Å². The number of aromatic hydroxyl groups is 1. The number of rotatable bonds is 4. The van der Waals surface area contributed by atoms with E-state index in [2.05, 4.69) is 57.9 Å². The topological polar surface area (TPSA) is 32.3 Å². The van der Waals surface area contributed by atoms with Crippen molar-refractivity contribution in [1.29, 1.82) is 0 Å². The number of phenolic OH excluding ortho intramolecular Hbond substituents is 1. The van der Waals surface area contributed by atoms with Gasteiger partial charge in [0, 0.05) is 22.1 Å². The minimum atomic E-state index is 0.0846. The van der Waals surface area contributed by atoms with Crippen LogP contribution in [0.15, 0.2) is 21.1 Å². The van der Waals surface area contributed by atoms with Gasteiger partial charge < -0.3 is 10.4 Å². The summed E-state index contributed by atoms with van der Waals surface area (Å²) in [5, 5.41) is 13.3. The van der Waals surface area contributed by atoms with E-state index in [0.29, 0.717) is 16.8 Å². The van der Waals surface area contributed by atoms with Crippen LogP contribution in [0.3, 0.4) is 0 Å². The van der Waals surface area contributed by atoms with Gasteiger partial charge in [0.25, 0.3) is 0 Å². The molecule has 0 aromatic heterocycles. The van der Waals surface area contributed by atoms with Crippen molar-refractivity contribution in [3.05, 3.63) is 26.6 Å². The van der Waals surface area contributed by atoms with Crippen molar-refractivity contribution in [3.8, 4) is 5.75 Å². The van der Waals surface area contributed by atoms with Crippen LogP contribution < -0.4 is 5.32 Å². The molecular formula is C12H17Br2NO. The molecule has 0 heterocycles. The van der Waals surface area contributed by atoms with Crippen LogP contribution in [0.4, 0.5) is 0 Å². The second kappa shape index (κ2) is 5.52. The quantitative estimate of drug-likeness (QED) is 0.853. The maximum Gasteiger partial charge on any atom is 0.134 e. The highest BCUT2D eigenvalue weighted by atomic mass is 79.9. The zero-order valence-corrected chi connectivity index (χ0v) is 12.9. The summed E-state index contributed by atoms with van der Waals surface area (Å²) in [6, 6.07) is 3.77. The fourth-order valence-corrected chi connectivity index (χ4v) is 2.53. The molecule has 1 aromatic rings. The van der Waals surface area contributed by atoms with Crippen molar-refractivity contribution in [2.75, 3.05) is 0 Å². The van der Waals surface area contributed by atoms with Crippen molar-refractivity contribution < 1.29 is 5.11 Å². The van der Waals surface area contributed by atoms with Crippen molar-refractivity contribution in [3.63, 3.8) is 0 Å². The van der Waals surface area contributed by atoms with Crippen LogP contribution in [-0.2, 0) is 6.54 Å². The molecule has 0 saturated heterocycles. The number of hydrogen-bond acceptors (Lipinski definition) is 2. The molecule has 1 aromatic carbocycles. The van der Waals surface area contributed by atoms with Gasteiger partial charge in [-0.15, -0.1) is 0 Å². The average molecular weight is 351 g/mol. The van der Waals surface area contributed by atoms with Gasteiger partial charge in [0.1, 0.15) is 5.75 Å². The van der Waals surface area contributed by atoms with E-state index in [4.69, 9.17) is 0 Å². The molecule has 0 unspecified atom stereocenters. The first-order chi connectivity index (χ1) is 7.35. The van der Waals surface area contributed by atoms with Crippen LogP contribution in [-0.4, -0.2) is 10.6 Å². The normalized spacial score (nSPS) is 11.8. The third-order valence-corrected chi connectivity index (χ3v) is 3.81. The van der Waals surface area contributed by atoms with E-state index >= 15 is 0 Å². The number of phenols is 1. The van der Waals surface area contributed by atoms with Gasteiger partial charge in [0.05, 0.1) is 4.47 Å². The molecule has 2 N–H and O–H groups in total. The highest BCUT2D eigenvalue weighted by Gasteiger charge is 2.15. The van der Waals surface area contributed by atoms with E-state index in [0.717, 1.165) is 16.5 Å². The van der Waals surface area contributed by atoms with Gasteiger partial charge >= 0.3 is 0 Å². The molecule has 0 aliphatic heterocycles. The molecule has 0 aliphatic rings. The fourth-order valence-electron chi connectivity index (χ4n) is 1.21. The predicted molar refractivity (Wildman–Crippen MR) is 74.7 cm³/mol. The first kappa shape index (κ1) is 14.0. The number of benzene rings is 1. The van der Waals surface area contributed by atoms with Crippen LogP contribution in [0, 0.1) is 0 Å². The van der Waals surface area contributed by atoms with E-state index in [1.165, 1.54) is 0 Å². The lowest BCUT2D eigenvalue weighted by Crippen LogP contribution is -2.37. The van der Waals surface area contributed by atoms with Gasteiger partial charge in [-0.1, -0.05) is 22.9 Å². The summed E-state index contributed by atoms with van der Waals surface area (Å²) < 4.78 is 1.68. The monoisotopic (exact) mass is 349 g/mol. The molecule has 0 spiro atoms. The van der Waals surface area contributed by atoms with Gasteiger partial charge in [0.15, 0.2) is 0 Å². The first-order valence-corrected chi connectivity index (χ1v) is 6.86. The van der Waals surface area contributed by atoms with E-state index in [9.17, 15) is 5.11 Å². The smallest absolute Gasteiger partial charge is 0.134 e. The lowest BCUT2D eigenvalue weighted by atomic mass is 10.0. The zero-order chi connectivity index (χ0) is 12.3. The Morgan fingerprint density at radius 3 is 2.50 bits per heavy atom. The Kier molecular flexibility index (Phi) is 4.83. The molecule has 0 fully saturated rings. The Labute approximate surface area is 114 Å². The molecule has 0 radical (unpaired) electrons. The SMILES string of the molecule is CCC(C)(C)NCc1cc(Br)cc(Br)c1O. The maximum atomic E-state index is 9.88. The van der Waals surface area contributed by atoms with Crippen molar-refractivity contribution in [2.24, 2.45) is 0 Å². The lowest BCUT2D eigenvalue weighted by Gasteiger charge is -2.25. The molecule has 2 nitrogen and oxygen atoms in total. The molecule has 0 atom stereocenters. The molecule has 0 saturated carbocycles. The van der Waals surface area contributed by atoms with Crippen molar-refractivity contribution >= 4 is 31.9 Å². The van der Waals surface area contributed by atoms with E-state index in [1.54, 1.807) is 0 Å². The van der Waals surface area contributed by atoms with E-state index in [1.807, 2.05) is 12.1 Å². The Morgan fingerprint density at radius 2 is 1.94 bits per heavy atom. The average Bonchev–Trinajstić information content (AvgIpc) is 2.21. The van der Waals surface area contributed by atoms with Crippen LogP contribution in [0.5, 0.6) is 5.75 Å². The molecule has 16 heavy (non-hydrogen) atoms. The first-order valence-electron chi connectivity index (χ1n) is 5.27. The van der Waals surface area contributed by atoms with E-state index < -0.39 is 0 Å². The Bertz CT molecular complexity index is 378. The number of nitrogens with one attached hydrogen (secondary N) is 1. The summed E-state index contributed by atoms with van der Waals surface area (Å²) in [7, 11) is 0. The van der Waals surface area contributed by atoms with Crippen LogP contribution in [0.25, 0.3) is 0 Å². The second-order valence-electron chi connectivity index (χ2n) is 4.49. The molecule has 4 heteroatoms. The highest BCUT2D eigenvalue weighted by molar-refractivity contribution is 9.11. The Hall–Kier alpha value is -0.0600. The van der Waals surface area contributed by atoms with E-state index in [-0.39, 0.29) is 5.54 Å². The summed E-state index contributed by atoms with van der Waals surface area (Å²) in [6.07, 6.45) is 1.04. The zero-order valence-electron chi connectivity index (χ0n) is 9.77. The van der Waals surface area contributed by atoms with Gasteiger partial charge in [-0.3, -0.25) is 0 Å². The molecule has 0 amide bonds. The number of hydrogen-bond donors (Lipinski definition) is 2. The lowest BCUT2D eigenvalue weighted by molar-refractivity contribution is 0.369. The van der Waals surface area contributed by atoms with Crippen LogP contribution >= 0.6 is 31.9 Å². The maximum absolute atomic E-state index is 9.88. The number of halogens is 2. The third-order valence-electron chi connectivity index (χ3n) is 2.75. The molecule has 1 rings (SSSR count). The molecular weight excluding hydrogens is 334 g/mol. The minimum Gasteiger partial charge on any atom is -0.506 e. The third kappa shape index (κ3) is 3.75. The molecule has 0 bridgehead atoms. The summed E-state index contributed by atoms with van der Waals surface area (Å²) >= 11 is 6.74. The minimum absolute atomic E-state index is 0.0846. The molecule has 90 valence electrons. The van der Waals surface area contributed by atoms with Gasteiger partial charge in [-0.05, 0) is 48.3 Å². The second-order valence-corrected chi connectivity index (χ2v) is 6.26. The summed E-state index contributed by atoms with van der Waals surface area (Å²) in [5.74, 6) is 0.308. The predicted octanol–water partition coefficient (Wildman–Crippen LogP) is 4.20. The molecule has 0 aliphatic carbocycles. The standard InChI is InChI=1S/C12H17Br2NO/c1-4-12(2,3)15-7-8-5-9(13)6-10(14)11(8)16/h5-6,15-16H,4,7H2,1-3H3. The summed E-state index contributed by atoms with van der Waals surface area (Å²) in [5.41, 5.74) is 0.976. The van der Waals surface area contributed by atoms with Gasteiger partial charge in [-0.25, -0.2) is 0 Å².